The number of hydrogen-bond donors (Lipinski definition) is 3. The van der Waals surface area contributed by atoms with E-state index in [0.717, 1.165) is 23.2 Å². The van der Waals surface area contributed by atoms with Crippen LogP contribution in [0, 0.1) is 0 Å². The Morgan fingerprint density at radius 1 is 1.44 bits per heavy atom. The third-order valence-corrected chi connectivity index (χ3v) is 4.01. The number of nitrogens with one attached hydrogen (secondary N) is 2. The highest BCUT2D eigenvalue weighted by molar-refractivity contribution is 6.32. The van der Waals surface area contributed by atoms with E-state index in [4.69, 9.17) is 11.6 Å². The van der Waals surface area contributed by atoms with Gasteiger partial charge < -0.3 is 15.4 Å². The van der Waals surface area contributed by atoms with Crippen molar-refractivity contribution in [2.45, 2.75) is 0 Å². The Bertz CT molecular complexity index is 864. The molecule has 128 valence electrons. The molecular weight excluding hydrogens is 340 g/mol. The fraction of sp³-hybridized carbons (Fsp3) is 0.111. The normalized spacial score (nSPS) is 14.0. The number of phenols is 1. The lowest BCUT2D eigenvalue weighted by Gasteiger charge is -2.06. The summed E-state index contributed by atoms with van der Waals surface area (Å²) < 4.78 is 0. The number of nitrogens with zero attached hydrogens (tertiary/aromatic N) is 2. The second kappa shape index (κ2) is 7.38. The number of pyridine rings is 1. The van der Waals surface area contributed by atoms with Crippen molar-refractivity contribution >= 4 is 34.8 Å². The van der Waals surface area contributed by atoms with Gasteiger partial charge in [-0.25, -0.2) is 5.43 Å². The molecule has 1 aromatic carbocycles. The number of phenolic OH excluding ortho intramolecular Hbond substituents is 1. The lowest BCUT2D eigenvalue weighted by Crippen LogP contribution is -2.23. The van der Waals surface area contributed by atoms with Gasteiger partial charge in [0.25, 0.3) is 0 Å². The molecule has 1 aliphatic rings. The van der Waals surface area contributed by atoms with Crippen molar-refractivity contribution in [1.82, 2.24) is 15.4 Å². The van der Waals surface area contributed by atoms with E-state index in [9.17, 15) is 9.90 Å². The molecule has 7 heteroatoms. The average Bonchev–Trinajstić information content (AvgIpc) is 3.03. The van der Waals surface area contributed by atoms with Crippen molar-refractivity contribution in [3.63, 3.8) is 0 Å². The van der Waals surface area contributed by atoms with E-state index >= 15 is 0 Å². The Morgan fingerprint density at radius 3 is 3.00 bits per heavy atom. The molecule has 0 spiro atoms. The van der Waals surface area contributed by atoms with E-state index in [1.807, 2.05) is 24.3 Å². The zero-order chi connectivity index (χ0) is 17.8. The van der Waals surface area contributed by atoms with Crippen LogP contribution in [0.2, 0.25) is 5.02 Å². The summed E-state index contributed by atoms with van der Waals surface area (Å²) in [5.74, 6) is -0.394. The van der Waals surface area contributed by atoms with Gasteiger partial charge in [-0.05, 0) is 35.4 Å². The molecule has 2 aromatic rings. The van der Waals surface area contributed by atoms with Gasteiger partial charge in [0.1, 0.15) is 5.75 Å². The van der Waals surface area contributed by atoms with Crippen molar-refractivity contribution in [2.75, 3.05) is 18.9 Å². The quantitative estimate of drug-likeness (QED) is 0.734. The van der Waals surface area contributed by atoms with Crippen LogP contribution in [0.25, 0.3) is 11.6 Å². The predicted octanol–water partition coefficient (Wildman–Crippen LogP) is 2.88. The van der Waals surface area contributed by atoms with Crippen LogP contribution in [0.5, 0.6) is 5.75 Å². The Hall–Kier alpha value is -2.83. The molecule has 2 heterocycles. The number of carbonyl (C=O) groups is 1. The van der Waals surface area contributed by atoms with Crippen LogP contribution < -0.4 is 10.7 Å². The molecule has 0 radical (unpaired) electrons. The molecule has 0 bridgehead atoms. The Balaban J connectivity index is 1.74. The van der Waals surface area contributed by atoms with Crippen molar-refractivity contribution in [1.29, 1.82) is 0 Å². The summed E-state index contributed by atoms with van der Waals surface area (Å²) in [6.07, 6.45) is 8.59. The maximum absolute atomic E-state index is 12.1. The van der Waals surface area contributed by atoms with E-state index in [1.165, 1.54) is 18.2 Å². The smallest absolute Gasteiger partial charge is 0.248 e. The fourth-order valence-electron chi connectivity index (χ4n) is 2.47. The standard InChI is InChI=1S/C18H17ClN4O2/c1-23-11-13(10-21-23)15-6-7-20-9-12(15)2-5-18(25)22-14-3-4-16(19)17(24)8-14/h2-9,11,21,24H,10H2,1H3,(H,22,25)/b5-2+. The zero-order valence-corrected chi connectivity index (χ0v) is 14.3. The molecule has 0 atom stereocenters. The molecule has 1 aliphatic heterocycles. The Labute approximate surface area is 150 Å². The van der Waals surface area contributed by atoms with Crippen LogP contribution in [-0.2, 0) is 4.79 Å². The van der Waals surface area contributed by atoms with Crippen molar-refractivity contribution in [2.24, 2.45) is 0 Å². The van der Waals surface area contributed by atoms with Crippen LogP contribution in [0.15, 0.2) is 48.9 Å². The molecule has 0 saturated carbocycles. The molecule has 25 heavy (non-hydrogen) atoms. The monoisotopic (exact) mass is 356 g/mol. The largest absolute Gasteiger partial charge is 0.506 e. The second-order valence-corrected chi connectivity index (χ2v) is 5.96. The van der Waals surface area contributed by atoms with E-state index in [0.29, 0.717) is 5.69 Å². The van der Waals surface area contributed by atoms with E-state index in [2.05, 4.69) is 15.7 Å². The molecular formula is C18H17ClN4O2. The van der Waals surface area contributed by atoms with E-state index in [-0.39, 0.29) is 16.7 Å². The maximum atomic E-state index is 12.1. The Kier molecular flexibility index (Phi) is 5.02. The number of hydrogen-bond acceptors (Lipinski definition) is 5. The van der Waals surface area contributed by atoms with Gasteiger partial charge in [-0.2, -0.15) is 0 Å². The van der Waals surface area contributed by atoms with Gasteiger partial charge in [-0.15, -0.1) is 0 Å². The number of rotatable bonds is 4. The maximum Gasteiger partial charge on any atom is 0.248 e. The Morgan fingerprint density at radius 2 is 2.28 bits per heavy atom. The van der Waals surface area contributed by atoms with Gasteiger partial charge in [-0.3, -0.25) is 9.78 Å². The minimum Gasteiger partial charge on any atom is -0.506 e. The van der Waals surface area contributed by atoms with Crippen LogP contribution in [0.3, 0.4) is 0 Å². The van der Waals surface area contributed by atoms with Crippen molar-refractivity contribution in [3.8, 4) is 5.75 Å². The number of carbonyl (C=O) groups excluding carboxylic acids is 1. The minimum atomic E-state index is -0.313. The van der Waals surface area contributed by atoms with Gasteiger partial charge in [0, 0.05) is 55.6 Å². The first-order valence-electron chi connectivity index (χ1n) is 7.62. The van der Waals surface area contributed by atoms with Crippen molar-refractivity contribution < 1.29 is 9.90 Å². The molecule has 1 aromatic heterocycles. The van der Waals surface area contributed by atoms with Crippen LogP contribution in [-0.4, -0.2) is 34.6 Å². The zero-order valence-electron chi connectivity index (χ0n) is 13.5. The van der Waals surface area contributed by atoms with Crippen LogP contribution in [0.1, 0.15) is 11.1 Å². The van der Waals surface area contributed by atoms with Gasteiger partial charge in [0.15, 0.2) is 0 Å². The van der Waals surface area contributed by atoms with Gasteiger partial charge in [0.2, 0.25) is 5.91 Å². The molecule has 0 fully saturated rings. The first-order valence-corrected chi connectivity index (χ1v) is 8.00. The summed E-state index contributed by atoms with van der Waals surface area (Å²) in [6, 6.07) is 6.45. The lowest BCUT2D eigenvalue weighted by atomic mass is 10.0. The molecule has 1 amide bonds. The van der Waals surface area contributed by atoms with E-state index in [1.54, 1.807) is 24.5 Å². The topological polar surface area (TPSA) is 77.5 Å². The number of benzene rings is 1. The number of aromatic nitrogens is 1. The summed E-state index contributed by atoms with van der Waals surface area (Å²) in [5.41, 5.74) is 6.63. The number of amides is 1. The lowest BCUT2D eigenvalue weighted by molar-refractivity contribution is -0.111. The summed E-state index contributed by atoms with van der Waals surface area (Å²) in [5, 5.41) is 14.4. The molecule has 6 nitrogen and oxygen atoms in total. The van der Waals surface area contributed by atoms with E-state index < -0.39 is 0 Å². The van der Waals surface area contributed by atoms with Gasteiger partial charge in [0.05, 0.1) is 5.02 Å². The highest BCUT2D eigenvalue weighted by atomic mass is 35.5. The van der Waals surface area contributed by atoms with Gasteiger partial charge in [-0.1, -0.05) is 11.6 Å². The highest BCUT2D eigenvalue weighted by Gasteiger charge is 2.12. The second-order valence-electron chi connectivity index (χ2n) is 5.55. The number of aromatic hydroxyl groups is 1. The van der Waals surface area contributed by atoms with Crippen molar-refractivity contribution in [3.05, 3.63) is 65.1 Å². The molecule has 3 N–H and O–H groups in total. The van der Waals surface area contributed by atoms with Crippen LogP contribution in [0.4, 0.5) is 5.69 Å². The summed E-state index contributed by atoms with van der Waals surface area (Å²) >= 11 is 5.75. The third-order valence-electron chi connectivity index (χ3n) is 3.69. The minimum absolute atomic E-state index is 0.0808. The van der Waals surface area contributed by atoms with Crippen LogP contribution >= 0.6 is 11.6 Å². The highest BCUT2D eigenvalue weighted by Crippen LogP contribution is 2.26. The molecule has 0 unspecified atom stereocenters. The number of halogens is 1. The molecule has 3 rings (SSSR count). The predicted molar refractivity (Wildman–Crippen MR) is 98.8 cm³/mol. The number of anilines is 1. The number of hydrazine groups is 1. The molecule has 0 saturated heterocycles. The fourth-order valence-corrected chi connectivity index (χ4v) is 2.59. The summed E-state index contributed by atoms with van der Waals surface area (Å²) in [6.45, 7) is 0.720. The average molecular weight is 357 g/mol. The summed E-state index contributed by atoms with van der Waals surface area (Å²) in [4.78, 5) is 16.2. The molecule has 0 aliphatic carbocycles. The first kappa shape index (κ1) is 17.0. The summed E-state index contributed by atoms with van der Waals surface area (Å²) in [7, 11) is 1.93. The van der Waals surface area contributed by atoms with Gasteiger partial charge >= 0.3 is 0 Å². The SMILES string of the molecule is CN1C=C(c2ccncc2/C=C/C(=O)Nc2ccc(Cl)c(O)c2)CN1. The first-order chi connectivity index (χ1) is 12.0. The third kappa shape index (κ3) is 4.17.